The highest BCUT2D eigenvalue weighted by Gasteiger charge is 2.27. The average Bonchev–Trinajstić information content (AvgIpc) is 3.11. The molecule has 6 nitrogen and oxygen atoms in total. The summed E-state index contributed by atoms with van der Waals surface area (Å²) in [6.07, 6.45) is 1.63. The molecule has 7 heteroatoms. The van der Waals surface area contributed by atoms with Crippen molar-refractivity contribution in [2.75, 3.05) is 13.1 Å². The van der Waals surface area contributed by atoms with E-state index in [0.29, 0.717) is 19.0 Å². The monoisotopic (exact) mass is 447 g/mol. The lowest BCUT2D eigenvalue weighted by Gasteiger charge is -2.24. The number of rotatable bonds is 6. The zero-order valence-electron chi connectivity index (χ0n) is 14.5. The molecule has 0 fully saturated rings. The molecule has 2 heterocycles. The van der Waals surface area contributed by atoms with Crippen LogP contribution in [-0.2, 0) is 12.1 Å². The topological polar surface area (TPSA) is 82.9 Å². The molecule has 0 bridgehead atoms. The van der Waals surface area contributed by atoms with E-state index in [1.165, 1.54) is 0 Å². The van der Waals surface area contributed by atoms with Gasteiger partial charge in [0.2, 0.25) is 0 Å². The van der Waals surface area contributed by atoms with Crippen molar-refractivity contribution in [1.29, 1.82) is 0 Å². The molecule has 0 radical (unpaired) electrons. The van der Waals surface area contributed by atoms with Gasteiger partial charge in [0.1, 0.15) is 29.4 Å². The third-order valence-corrected chi connectivity index (χ3v) is 3.54. The Morgan fingerprint density at radius 1 is 1.33 bits per heavy atom. The van der Waals surface area contributed by atoms with Crippen LogP contribution in [0.2, 0.25) is 0 Å². The summed E-state index contributed by atoms with van der Waals surface area (Å²) in [5, 5.41) is 17.0. The van der Waals surface area contributed by atoms with Crippen molar-refractivity contribution in [1.82, 2.24) is 10.6 Å². The SMILES string of the molecule is CCNC(=NCc1ccco1)NCC(C)(O)c1cc(C)oc1C.I. The molecule has 0 aromatic carbocycles. The summed E-state index contributed by atoms with van der Waals surface area (Å²) in [5.74, 6) is 2.93. The maximum absolute atomic E-state index is 10.7. The molecule has 0 aliphatic heterocycles. The fraction of sp³-hybridized carbons (Fsp3) is 0.471. The zero-order chi connectivity index (χ0) is 16.9. The second kappa shape index (κ2) is 9.12. The highest BCUT2D eigenvalue weighted by molar-refractivity contribution is 14.0. The number of aryl methyl sites for hydroxylation is 2. The predicted molar refractivity (Wildman–Crippen MR) is 105 cm³/mol. The molecule has 0 saturated heterocycles. The van der Waals surface area contributed by atoms with Gasteiger partial charge in [-0.2, -0.15) is 0 Å². The minimum atomic E-state index is -1.05. The Morgan fingerprint density at radius 3 is 2.62 bits per heavy atom. The molecule has 0 aliphatic carbocycles. The summed E-state index contributed by atoms with van der Waals surface area (Å²) in [7, 11) is 0. The van der Waals surface area contributed by atoms with Gasteiger partial charge in [0.25, 0.3) is 0 Å². The lowest BCUT2D eigenvalue weighted by molar-refractivity contribution is 0.0601. The van der Waals surface area contributed by atoms with Crippen molar-refractivity contribution in [3.63, 3.8) is 0 Å². The Balaban J connectivity index is 0.00000288. The summed E-state index contributed by atoms with van der Waals surface area (Å²) in [6.45, 7) is 8.96. The van der Waals surface area contributed by atoms with Crippen molar-refractivity contribution in [2.45, 2.75) is 39.8 Å². The van der Waals surface area contributed by atoms with Gasteiger partial charge in [-0.15, -0.1) is 24.0 Å². The molecular formula is C17H26IN3O3. The van der Waals surface area contributed by atoms with Crippen LogP contribution in [0.25, 0.3) is 0 Å². The van der Waals surface area contributed by atoms with Gasteiger partial charge in [0, 0.05) is 12.1 Å². The van der Waals surface area contributed by atoms with Crippen molar-refractivity contribution < 1.29 is 13.9 Å². The molecule has 2 aromatic rings. The van der Waals surface area contributed by atoms with Crippen LogP contribution in [0.15, 0.2) is 38.3 Å². The van der Waals surface area contributed by atoms with Crippen LogP contribution in [0.1, 0.15) is 36.7 Å². The molecule has 0 amide bonds. The average molecular weight is 447 g/mol. The first-order valence-electron chi connectivity index (χ1n) is 7.77. The molecule has 0 aliphatic rings. The zero-order valence-corrected chi connectivity index (χ0v) is 16.9. The van der Waals surface area contributed by atoms with Gasteiger partial charge >= 0.3 is 0 Å². The van der Waals surface area contributed by atoms with Gasteiger partial charge < -0.3 is 24.6 Å². The smallest absolute Gasteiger partial charge is 0.191 e. The molecule has 24 heavy (non-hydrogen) atoms. The summed E-state index contributed by atoms with van der Waals surface area (Å²) < 4.78 is 10.8. The lowest BCUT2D eigenvalue weighted by atomic mass is 9.96. The van der Waals surface area contributed by atoms with E-state index >= 15 is 0 Å². The molecular weight excluding hydrogens is 421 g/mol. The Morgan fingerprint density at radius 2 is 2.08 bits per heavy atom. The summed E-state index contributed by atoms with van der Waals surface area (Å²) in [5.41, 5.74) is -0.271. The summed E-state index contributed by atoms with van der Waals surface area (Å²) in [4.78, 5) is 4.45. The van der Waals surface area contributed by atoms with E-state index in [1.54, 1.807) is 13.2 Å². The van der Waals surface area contributed by atoms with Crippen molar-refractivity contribution in [3.05, 3.63) is 47.3 Å². The highest BCUT2D eigenvalue weighted by Crippen LogP contribution is 2.26. The molecule has 2 rings (SSSR count). The van der Waals surface area contributed by atoms with Crippen LogP contribution in [-0.4, -0.2) is 24.2 Å². The second-order valence-electron chi connectivity index (χ2n) is 5.73. The van der Waals surface area contributed by atoms with E-state index in [4.69, 9.17) is 8.83 Å². The Labute approximate surface area is 159 Å². The van der Waals surface area contributed by atoms with Gasteiger partial charge in [-0.25, -0.2) is 4.99 Å². The Hall–Kier alpha value is -1.48. The molecule has 1 unspecified atom stereocenters. The fourth-order valence-corrected chi connectivity index (χ4v) is 2.42. The van der Waals surface area contributed by atoms with E-state index in [1.807, 2.05) is 39.0 Å². The van der Waals surface area contributed by atoms with E-state index in [9.17, 15) is 5.11 Å². The molecule has 134 valence electrons. The molecule has 3 N–H and O–H groups in total. The molecule has 2 aromatic heterocycles. The summed E-state index contributed by atoms with van der Waals surface area (Å²) >= 11 is 0. The highest BCUT2D eigenvalue weighted by atomic mass is 127. The van der Waals surface area contributed by atoms with E-state index in [0.717, 1.165) is 29.4 Å². The van der Waals surface area contributed by atoms with Crippen molar-refractivity contribution in [3.8, 4) is 0 Å². The normalized spacial score (nSPS) is 14.0. The number of nitrogens with one attached hydrogen (secondary N) is 2. The third-order valence-electron chi connectivity index (χ3n) is 3.54. The molecule has 1 atom stereocenters. The second-order valence-corrected chi connectivity index (χ2v) is 5.73. The quantitative estimate of drug-likeness (QED) is 0.360. The molecule has 0 spiro atoms. The maximum atomic E-state index is 10.7. The summed E-state index contributed by atoms with van der Waals surface area (Å²) in [6, 6.07) is 5.57. The van der Waals surface area contributed by atoms with Crippen molar-refractivity contribution >= 4 is 29.9 Å². The predicted octanol–water partition coefficient (Wildman–Crippen LogP) is 3.07. The van der Waals surface area contributed by atoms with Gasteiger partial charge in [0.05, 0.1) is 12.8 Å². The van der Waals surface area contributed by atoms with Crippen LogP contribution < -0.4 is 10.6 Å². The van der Waals surface area contributed by atoms with E-state index < -0.39 is 5.60 Å². The number of halogens is 1. The van der Waals surface area contributed by atoms with Gasteiger partial charge in [-0.05, 0) is 45.9 Å². The van der Waals surface area contributed by atoms with E-state index in [2.05, 4.69) is 15.6 Å². The van der Waals surface area contributed by atoms with Crippen LogP contribution in [0.3, 0.4) is 0 Å². The fourth-order valence-electron chi connectivity index (χ4n) is 2.42. The molecule has 0 saturated carbocycles. The lowest BCUT2D eigenvalue weighted by Crippen LogP contribution is -2.44. The van der Waals surface area contributed by atoms with Crippen LogP contribution in [0.4, 0.5) is 0 Å². The standard InChI is InChI=1S/C17H25N3O3.HI/c1-5-18-16(19-10-14-7-6-8-22-14)20-11-17(4,21)15-9-12(2)23-13(15)3;/h6-9,21H,5,10-11H2,1-4H3,(H2,18,19,20);1H. The third kappa shape index (κ3) is 5.55. The first-order valence-corrected chi connectivity index (χ1v) is 7.77. The number of aliphatic imine (C=N–C) groups is 1. The number of nitrogens with zero attached hydrogens (tertiary/aromatic N) is 1. The number of guanidine groups is 1. The van der Waals surface area contributed by atoms with Crippen molar-refractivity contribution in [2.24, 2.45) is 4.99 Å². The Bertz CT molecular complexity index is 648. The van der Waals surface area contributed by atoms with E-state index in [-0.39, 0.29) is 24.0 Å². The minimum absolute atomic E-state index is 0. The minimum Gasteiger partial charge on any atom is -0.467 e. The number of hydrogen-bond acceptors (Lipinski definition) is 4. The maximum Gasteiger partial charge on any atom is 0.191 e. The van der Waals surface area contributed by atoms with Gasteiger partial charge in [-0.3, -0.25) is 0 Å². The van der Waals surface area contributed by atoms with Crippen LogP contribution >= 0.6 is 24.0 Å². The number of hydrogen-bond donors (Lipinski definition) is 3. The number of aliphatic hydroxyl groups is 1. The van der Waals surface area contributed by atoms with Crippen LogP contribution in [0.5, 0.6) is 0 Å². The largest absolute Gasteiger partial charge is 0.467 e. The first kappa shape index (κ1) is 20.6. The Kier molecular flexibility index (Phi) is 7.82. The number of furan rings is 2. The first-order chi connectivity index (χ1) is 10.9. The van der Waals surface area contributed by atoms with Crippen LogP contribution in [0, 0.1) is 13.8 Å². The van der Waals surface area contributed by atoms with Gasteiger partial charge in [0.15, 0.2) is 5.96 Å². The van der Waals surface area contributed by atoms with Gasteiger partial charge in [-0.1, -0.05) is 0 Å².